The molecule has 1 amide bonds. The number of nitrogens with one attached hydrogen (secondary N) is 1. The van der Waals surface area contributed by atoms with E-state index in [4.69, 9.17) is 9.47 Å². The minimum atomic E-state index is -1.25. The quantitative estimate of drug-likeness (QED) is 0.681. The lowest BCUT2D eigenvalue weighted by molar-refractivity contribution is -0.142. The van der Waals surface area contributed by atoms with Crippen LogP contribution >= 0.6 is 0 Å². The van der Waals surface area contributed by atoms with Crippen LogP contribution in [0.5, 0.6) is 5.75 Å². The molecule has 0 bridgehead atoms. The largest absolute Gasteiger partial charge is 0.497 e. The maximum absolute atomic E-state index is 11.6. The van der Waals surface area contributed by atoms with Gasteiger partial charge in [0, 0.05) is 19.7 Å². The van der Waals surface area contributed by atoms with Gasteiger partial charge in [0.25, 0.3) is 0 Å². The zero-order valence-electron chi connectivity index (χ0n) is 13.6. The van der Waals surface area contributed by atoms with Crippen molar-refractivity contribution < 1.29 is 29.3 Å². The number of hydrogen-bond donors (Lipinski definition) is 3. The van der Waals surface area contributed by atoms with E-state index >= 15 is 0 Å². The number of aliphatic carboxylic acids is 1. The Hall–Kier alpha value is -2.32. The van der Waals surface area contributed by atoms with E-state index in [2.05, 4.69) is 5.32 Å². The Morgan fingerprint density at radius 2 is 1.92 bits per heavy atom. The van der Waals surface area contributed by atoms with Crippen molar-refractivity contribution in [2.24, 2.45) is 0 Å². The molecule has 1 aromatic carbocycles. The van der Waals surface area contributed by atoms with E-state index in [-0.39, 0.29) is 6.61 Å². The Kier molecular flexibility index (Phi) is 5.99. The Morgan fingerprint density at radius 1 is 1.25 bits per heavy atom. The van der Waals surface area contributed by atoms with Gasteiger partial charge in [-0.05, 0) is 24.1 Å². The standard InChI is InChI=1S/C16H22N2O6/c1-23-9-11-7-13(14(15(19)20)18(11)16(21)22)17-8-10-3-5-12(24-2)6-4-10/h3-6,11,13-14,17H,7-9H2,1-2H3,(H,19,20)(H,21,22)/t11-,13-,14+/m0/s1. The van der Waals surface area contributed by atoms with Crippen molar-refractivity contribution in [2.75, 3.05) is 20.8 Å². The summed E-state index contributed by atoms with van der Waals surface area (Å²) in [4.78, 5) is 24.0. The molecule has 1 heterocycles. The number of rotatable bonds is 7. The van der Waals surface area contributed by atoms with Crippen molar-refractivity contribution in [3.63, 3.8) is 0 Å². The number of carbonyl (C=O) groups is 2. The number of ether oxygens (including phenoxy) is 2. The SMILES string of the molecule is COC[C@@H]1C[C@H](NCc2ccc(OC)cc2)[C@H](C(=O)O)N1C(=O)O. The van der Waals surface area contributed by atoms with Crippen LogP contribution in [0.25, 0.3) is 0 Å². The molecule has 1 fully saturated rings. The van der Waals surface area contributed by atoms with Crippen LogP contribution < -0.4 is 10.1 Å². The summed E-state index contributed by atoms with van der Waals surface area (Å²) in [6.07, 6.45) is -0.869. The highest BCUT2D eigenvalue weighted by Crippen LogP contribution is 2.26. The molecule has 2 rings (SSSR count). The fraction of sp³-hybridized carbons (Fsp3) is 0.500. The first kappa shape index (κ1) is 18.0. The molecule has 24 heavy (non-hydrogen) atoms. The van der Waals surface area contributed by atoms with Gasteiger partial charge in [0.15, 0.2) is 0 Å². The van der Waals surface area contributed by atoms with Gasteiger partial charge in [0.05, 0.1) is 19.8 Å². The van der Waals surface area contributed by atoms with Crippen molar-refractivity contribution in [1.29, 1.82) is 0 Å². The zero-order chi connectivity index (χ0) is 17.7. The highest BCUT2D eigenvalue weighted by Gasteiger charge is 2.47. The van der Waals surface area contributed by atoms with Crippen molar-refractivity contribution in [2.45, 2.75) is 31.1 Å². The van der Waals surface area contributed by atoms with Gasteiger partial charge in [-0.25, -0.2) is 9.59 Å². The molecular formula is C16H22N2O6. The topological polar surface area (TPSA) is 108 Å². The number of likely N-dealkylation sites (tertiary alicyclic amines) is 1. The number of nitrogens with zero attached hydrogens (tertiary/aromatic N) is 1. The van der Waals surface area contributed by atoms with Crippen LogP contribution in [-0.2, 0) is 16.1 Å². The summed E-state index contributed by atoms with van der Waals surface area (Å²) in [6, 6.07) is 5.27. The van der Waals surface area contributed by atoms with E-state index < -0.39 is 30.2 Å². The highest BCUT2D eigenvalue weighted by molar-refractivity contribution is 5.81. The predicted octanol–water partition coefficient (Wildman–Crippen LogP) is 1.01. The van der Waals surface area contributed by atoms with Crippen LogP contribution in [0.15, 0.2) is 24.3 Å². The highest BCUT2D eigenvalue weighted by atomic mass is 16.5. The molecule has 0 radical (unpaired) electrons. The Balaban J connectivity index is 2.08. The smallest absolute Gasteiger partial charge is 0.408 e. The fourth-order valence-electron chi connectivity index (χ4n) is 3.05. The van der Waals surface area contributed by atoms with Crippen molar-refractivity contribution in [3.05, 3.63) is 29.8 Å². The van der Waals surface area contributed by atoms with E-state index in [1.165, 1.54) is 7.11 Å². The summed E-state index contributed by atoms with van der Waals surface area (Å²) in [5.41, 5.74) is 0.956. The lowest BCUT2D eigenvalue weighted by Gasteiger charge is -2.25. The average molecular weight is 338 g/mol. The molecular weight excluding hydrogens is 316 g/mol. The zero-order valence-corrected chi connectivity index (χ0v) is 13.6. The molecule has 132 valence electrons. The van der Waals surface area contributed by atoms with Gasteiger partial charge in [0.2, 0.25) is 0 Å². The molecule has 0 aromatic heterocycles. The average Bonchev–Trinajstić information content (AvgIpc) is 2.92. The predicted molar refractivity (Wildman–Crippen MR) is 85.2 cm³/mol. The van der Waals surface area contributed by atoms with Gasteiger partial charge in [0.1, 0.15) is 11.8 Å². The van der Waals surface area contributed by atoms with Gasteiger partial charge >= 0.3 is 12.1 Å². The summed E-state index contributed by atoms with van der Waals surface area (Å²) >= 11 is 0. The summed E-state index contributed by atoms with van der Waals surface area (Å²) in [7, 11) is 3.05. The lowest BCUT2D eigenvalue weighted by Crippen LogP contribution is -2.51. The van der Waals surface area contributed by atoms with E-state index in [0.29, 0.717) is 13.0 Å². The van der Waals surface area contributed by atoms with E-state index in [1.807, 2.05) is 24.3 Å². The second kappa shape index (κ2) is 7.98. The lowest BCUT2D eigenvalue weighted by atomic mass is 10.1. The maximum atomic E-state index is 11.6. The number of benzene rings is 1. The first-order chi connectivity index (χ1) is 11.5. The molecule has 3 N–H and O–H groups in total. The van der Waals surface area contributed by atoms with Gasteiger partial charge in [-0.3, -0.25) is 4.90 Å². The second-order valence-corrected chi connectivity index (χ2v) is 5.65. The Morgan fingerprint density at radius 3 is 2.42 bits per heavy atom. The Labute approximate surface area is 140 Å². The van der Waals surface area contributed by atoms with E-state index in [0.717, 1.165) is 16.2 Å². The number of carboxylic acids is 1. The molecule has 0 unspecified atom stereocenters. The maximum Gasteiger partial charge on any atom is 0.408 e. The molecule has 1 aliphatic rings. The molecule has 1 aliphatic heterocycles. The third kappa shape index (κ3) is 3.95. The minimum Gasteiger partial charge on any atom is -0.497 e. The summed E-state index contributed by atoms with van der Waals surface area (Å²) < 4.78 is 10.1. The Bertz CT molecular complexity index is 576. The van der Waals surface area contributed by atoms with Crippen molar-refractivity contribution in [1.82, 2.24) is 10.2 Å². The molecule has 0 spiro atoms. The molecule has 1 aromatic rings. The monoisotopic (exact) mass is 338 g/mol. The van der Waals surface area contributed by atoms with E-state index in [1.54, 1.807) is 7.11 Å². The van der Waals surface area contributed by atoms with Crippen LogP contribution in [0.3, 0.4) is 0 Å². The summed E-state index contributed by atoms with van der Waals surface area (Å²) in [5.74, 6) is -0.427. The van der Waals surface area contributed by atoms with Crippen LogP contribution in [0.2, 0.25) is 0 Å². The summed E-state index contributed by atoms with van der Waals surface area (Å²) in [5, 5.41) is 22.0. The number of hydrogen-bond acceptors (Lipinski definition) is 5. The summed E-state index contributed by atoms with van der Waals surface area (Å²) in [6.45, 7) is 0.600. The molecule has 0 saturated carbocycles. The third-order valence-corrected chi connectivity index (χ3v) is 4.16. The van der Waals surface area contributed by atoms with Crippen molar-refractivity contribution >= 4 is 12.1 Å². The van der Waals surface area contributed by atoms with Crippen LogP contribution in [0.1, 0.15) is 12.0 Å². The second-order valence-electron chi connectivity index (χ2n) is 5.65. The van der Waals surface area contributed by atoms with Gasteiger partial charge in [-0.2, -0.15) is 0 Å². The van der Waals surface area contributed by atoms with Crippen LogP contribution in [0.4, 0.5) is 4.79 Å². The minimum absolute atomic E-state index is 0.163. The third-order valence-electron chi connectivity index (χ3n) is 4.16. The van der Waals surface area contributed by atoms with Crippen molar-refractivity contribution in [3.8, 4) is 5.75 Å². The normalized spacial score (nSPS) is 23.2. The molecule has 8 nitrogen and oxygen atoms in total. The van der Waals surface area contributed by atoms with Crippen LogP contribution in [-0.4, -0.2) is 66.1 Å². The van der Waals surface area contributed by atoms with Gasteiger partial charge < -0.3 is 25.0 Å². The molecule has 1 saturated heterocycles. The number of carboxylic acid groups (broad SMARTS) is 2. The fourth-order valence-corrected chi connectivity index (χ4v) is 3.05. The molecule has 0 aliphatic carbocycles. The van der Waals surface area contributed by atoms with E-state index in [9.17, 15) is 19.8 Å². The van der Waals surface area contributed by atoms with Gasteiger partial charge in [-0.1, -0.05) is 12.1 Å². The molecule has 3 atom stereocenters. The van der Waals surface area contributed by atoms with Gasteiger partial charge in [-0.15, -0.1) is 0 Å². The first-order valence-electron chi connectivity index (χ1n) is 7.57. The number of amides is 1. The molecule has 8 heteroatoms. The number of methoxy groups -OCH3 is 2. The first-order valence-corrected chi connectivity index (χ1v) is 7.57. The van der Waals surface area contributed by atoms with Crippen LogP contribution in [0, 0.1) is 0 Å².